The predicted molar refractivity (Wildman–Crippen MR) is 100 cm³/mol. The standard InChI is InChI=1S/C19H19N3O4/c1-3-26-12-13-9-15-16(11-20-25-2)18(14-7-5-4-6-8-14)21-19(15)17(10-13)22(23)24/h4-11,21H,3,12H2,1-2H3/b20-11+. The van der Waals surface area contributed by atoms with Gasteiger partial charge in [-0.3, -0.25) is 10.1 Å². The summed E-state index contributed by atoms with van der Waals surface area (Å²) in [6.07, 6.45) is 1.56. The summed E-state index contributed by atoms with van der Waals surface area (Å²) in [7, 11) is 1.45. The first-order chi connectivity index (χ1) is 12.7. The number of nitrogens with one attached hydrogen (secondary N) is 1. The number of nitrogens with zero attached hydrogens (tertiary/aromatic N) is 2. The summed E-state index contributed by atoms with van der Waals surface area (Å²) < 4.78 is 5.42. The fourth-order valence-electron chi connectivity index (χ4n) is 2.88. The summed E-state index contributed by atoms with van der Waals surface area (Å²) in [6, 6.07) is 13.0. The first kappa shape index (κ1) is 17.6. The minimum Gasteiger partial charge on any atom is -0.399 e. The number of aromatic nitrogens is 1. The predicted octanol–water partition coefficient (Wildman–Crippen LogP) is 4.26. The summed E-state index contributed by atoms with van der Waals surface area (Å²) in [6.45, 7) is 2.72. The van der Waals surface area contributed by atoms with Gasteiger partial charge in [0.1, 0.15) is 12.6 Å². The molecule has 0 atom stereocenters. The van der Waals surface area contributed by atoms with Gasteiger partial charge in [0.15, 0.2) is 0 Å². The lowest BCUT2D eigenvalue weighted by Gasteiger charge is -2.03. The van der Waals surface area contributed by atoms with E-state index in [0.717, 1.165) is 22.4 Å². The van der Waals surface area contributed by atoms with E-state index in [4.69, 9.17) is 9.57 Å². The second kappa shape index (κ2) is 7.79. The molecule has 134 valence electrons. The van der Waals surface area contributed by atoms with Crippen molar-refractivity contribution in [3.8, 4) is 11.3 Å². The van der Waals surface area contributed by atoms with Crippen LogP contribution in [-0.2, 0) is 16.2 Å². The lowest BCUT2D eigenvalue weighted by atomic mass is 10.0. The third kappa shape index (κ3) is 3.43. The van der Waals surface area contributed by atoms with Crippen molar-refractivity contribution in [2.75, 3.05) is 13.7 Å². The highest BCUT2D eigenvalue weighted by Crippen LogP contribution is 2.35. The van der Waals surface area contributed by atoms with Crippen molar-refractivity contribution < 1.29 is 14.5 Å². The van der Waals surface area contributed by atoms with Crippen LogP contribution in [0.25, 0.3) is 22.2 Å². The van der Waals surface area contributed by atoms with Crippen molar-refractivity contribution in [1.29, 1.82) is 0 Å². The Labute approximate surface area is 150 Å². The second-order valence-corrected chi connectivity index (χ2v) is 5.63. The van der Waals surface area contributed by atoms with Gasteiger partial charge in [-0.15, -0.1) is 0 Å². The van der Waals surface area contributed by atoms with Crippen LogP contribution in [0.4, 0.5) is 5.69 Å². The Hall–Kier alpha value is -3.19. The largest absolute Gasteiger partial charge is 0.399 e. The molecule has 1 N–H and O–H groups in total. The number of nitro groups is 1. The second-order valence-electron chi connectivity index (χ2n) is 5.63. The van der Waals surface area contributed by atoms with Gasteiger partial charge in [-0.25, -0.2) is 0 Å². The Kier molecular flexibility index (Phi) is 5.28. The van der Waals surface area contributed by atoms with Crippen LogP contribution in [0.2, 0.25) is 0 Å². The van der Waals surface area contributed by atoms with Gasteiger partial charge in [0, 0.05) is 23.6 Å². The smallest absolute Gasteiger partial charge is 0.293 e. The number of aromatic amines is 1. The molecule has 26 heavy (non-hydrogen) atoms. The van der Waals surface area contributed by atoms with Crippen LogP contribution in [0, 0.1) is 10.1 Å². The van der Waals surface area contributed by atoms with E-state index in [0.29, 0.717) is 24.1 Å². The van der Waals surface area contributed by atoms with Crippen LogP contribution in [-0.4, -0.2) is 29.8 Å². The van der Waals surface area contributed by atoms with Gasteiger partial charge < -0.3 is 14.6 Å². The normalized spacial score (nSPS) is 11.3. The molecule has 0 fully saturated rings. The summed E-state index contributed by atoms with van der Waals surface area (Å²) in [5, 5.41) is 16.2. The molecule has 0 radical (unpaired) electrons. The Morgan fingerprint density at radius 1 is 1.27 bits per heavy atom. The SMILES string of the molecule is CCOCc1cc([N+](=O)[O-])c2[nH]c(-c3ccccc3)c(/C=N/OC)c2c1. The van der Waals surface area contributed by atoms with Crippen molar-refractivity contribution in [3.05, 3.63) is 63.7 Å². The minimum absolute atomic E-state index is 0.00597. The van der Waals surface area contributed by atoms with E-state index in [1.807, 2.05) is 43.3 Å². The zero-order valence-electron chi connectivity index (χ0n) is 14.6. The number of H-pyrrole nitrogens is 1. The van der Waals surface area contributed by atoms with Gasteiger partial charge >= 0.3 is 0 Å². The van der Waals surface area contributed by atoms with Crippen molar-refractivity contribution in [3.63, 3.8) is 0 Å². The minimum atomic E-state index is -0.389. The van der Waals surface area contributed by atoms with Crippen LogP contribution in [0.3, 0.4) is 0 Å². The molecule has 1 heterocycles. The number of hydrogen-bond donors (Lipinski definition) is 1. The highest BCUT2D eigenvalue weighted by atomic mass is 16.6. The molecule has 7 heteroatoms. The molecule has 0 aliphatic heterocycles. The zero-order chi connectivity index (χ0) is 18.5. The Morgan fingerprint density at radius 3 is 2.69 bits per heavy atom. The molecule has 0 aliphatic rings. The first-order valence-corrected chi connectivity index (χ1v) is 8.18. The average Bonchev–Trinajstić information content (AvgIpc) is 3.03. The third-order valence-electron chi connectivity index (χ3n) is 4.01. The van der Waals surface area contributed by atoms with E-state index in [9.17, 15) is 10.1 Å². The lowest BCUT2D eigenvalue weighted by Crippen LogP contribution is -1.96. The third-order valence-corrected chi connectivity index (χ3v) is 4.01. The highest BCUT2D eigenvalue weighted by molar-refractivity contribution is 6.08. The maximum Gasteiger partial charge on any atom is 0.293 e. The lowest BCUT2D eigenvalue weighted by molar-refractivity contribution is -0.383. The number of benzene rings is 2. The molecular formula is C19H19N3O4. The van der Waals surface area contributed by atoms with E-state index in [2.05, 4.69) is 10.1 Å². The van der Waals surface area contributed by atoms with Crippen LogP contribution in [0.5, 0.6) is 0 Å². The fourth-order valence-corrected chi connectivity index (χ4v) is 2.88. The van der Waals surface area contributed by atoms with Crippen LogP contribution in [0.1, 0.15) is 18.1 Å². The highest BCUT2D eigenvalue weighted by Gasteiger charge is 2.21. The number of ether oxygens (including phenoxy) is 1. The summed E-state index contributed by atoms with van der Waals surface area (Å²) in [5.41, 5.74) is 3.57. The van der Waals surface area contributed by atoms with Crippen molar-refractivity contribution in [1.82, 2.24) is 4.98 Å². The number of nitro benzene ring substituents is 1. The van der Waals surface area contributed by atoms with E-state index >= 15 is 0 Å². The Bertz CT molecular complexity index is 948. The molecular weight excluding hydrogens is 334 g/mol. The van der Waals surface area contributed by atoms with E-state index < -0.39 is 0 Å². The molecule has 0 saturated heterocycles. The Morgan fingerprint density at radius 2 is 2.04 bits per heavy atom. The Balaban J connectivity index is 2.29. The molecule has 2 aromatic carbocycles. The number of hydrogen-bond acceptors (Lipinski definition) is 5. The van der Waals surface area contributed by atoms with E-state index in [1.165, 1.54) is 7.11 Å². The van der Waals surface area contributed by atoms with Crippen LogP contribution < -0.4 is 0 Å². The molecule has 0 amide bonds. The number of fused-ring (bicyclic) bond motifs is 1. The summed E-state index contributed by atoms with van der Waals surface area (Å²) in [4.78, 5) is 19.2. The van der Waals surface area contributed by atoms with Crippen LogP contribution in [0.15, 0.2) is 47.6 Å². The average molecular weight is 353 g/mol. The molecule has 3 rings (SSSR count). The van der Waals surface area contributed by atoms with Gasteiger partial charge in [0.05, 0.1) is 23.4 Å². The molecule has 7 nitrogen and oxygen atoms in total. The summed E-state index contributed by atoms with van der Waals surface area (Å²) in [5.74, 6) is 0. The molecule has 3 aromatic rings. The molecule has 1 aromatic heterocycles. The molecule has 0 aliphatic carbocycles. The monoisotopic (exact) mass is 353 g/mol. The number of oxime groups is 1. The van der Waals surface area contributed by atoms with Crippen molar-refractivity contribution in [2.24, 2.45) is 5.16 Å². The quantitative estimate of drug-likeness (QED) is 0.390. The van der Waals surface area contributed by atoms with Crippen molar-refractivity contribution >= 4 is 22.8 Å². The number of rotatable bonds is 7. The maximum atomic E-state index is 11.6. The first-order valence-electron chi connectivity index (χ1n) is 8.18. The topological polar surface area (TPSA) is 89.8 Å². The van der Waals surface area contributed by atoms with Crippen molar-refractivity contribution in [2.45, 2.75) is 13.5 Å². The molecule has 0 saturated carbocycles. The maximum absolute atomic E-state index is 11.6. The fraction of sp³-hybridized carbons (Fsp3) is 0.211. The summed E-state index contributed by atoms with van der Waals surface area (Å²) >= 11 is 0. The molecule has 0 spiro atoms. The van der Waals surface area contributed by atoms with E-state index in [1.54, 1.807) is 12.3 Å². The van der Waals surface area contributed by atoms with E-state index in [-0.39, 0.29) is 10.6 Å². The van der Waals surface area contributed by atoms with Gasteiger partial charge in [0.2, 0.25) is 0 Å². The number of non-ortho nitro benzene ring substituents is 1. The van der Waals surface area contributed by atoms with Gasteiger partial charge in [-0.05, 0) is 24.1 Å². The van der Waals surface area contributed by atoms with Gasteiger partial charge in [0.25, 0.3) is 5.69 Å². The zero-order valence-corrected chi connectivity index (χ0v) is 14.6. The van der Waals surface area contributed by atoms with Gasteiger partial charge in [-0.1, -0.05) is 35.5 Å². The molecule has 0 unspecified atom stereocenters. The van der Waals surface area contributed by atoms with Crippen LogP contribution >= 0.6 is 0 Å². The molecule has 0 bridgehead atoms. The van der Waals surface area contributed by atoms with Gasteiger partial charge in [-0.2, -0.15) is 0 Å².